The highest BCUT2D eigenvalue weighted by molar-refractivity contribution is 7.89. The van der Waals surface area contributed by atoms with E-state index >= 15 is 0 Å². The highest BCUT2D eigenvalue weighted by atomic mass is 35.5. The van der Waals surface area contributed by atoms with Crippen molar-refractivity contribution in [3.8, 4) is 0 Å². The van der Waals surface area contributed by atoms with Crippen LogP contribution in [0.2, 0.25) is 0 Å². The lowest BCUT2D eigenvalue weighted by Gasteiger charge is -2.17. The van der Waals surface area contributed by atoms with Crippen LogP contribution in [0, 0.1) is 13.8 Å². The van der Waals surface area contributed by atoms with E-state index in [9.17, 15) is 8.42 Å². The van der Waals surface area contributed by atoms with E-state index in [1.807, 2.05) is 39.0 Å². The monoisotopic (exact) mass is 289 g/mol. The van der Waals surface area contributed by atoms with Crippen LogP contribution < -0.4 is 4.72 Å². The number of rotatable bonds is 6. The molecule has 1 aromatic carbocycles. The van der Waals surface area contributed by atoms with Gasteiger partial charge in [-0.2, -0.15) is 0 Å². The highest BCUT2D eigenvalue weighted by Crippen LogP contribution is 2.19. The molecular formula is C13H20ClNO2S. The highest BCUT2D eigenvalue weighted by Gasteiger charge is 2.16. The Kier molecular flexibility index (Phi) is 5.63. The number of benzene rings is 1. The summed E-state index contributed by atoms with van der Waals surface area (Å²) in [6.07, 6.45) is 0.469. The second-order valence-corrected chi connectivity index (χ2v) is 6.81. The molecule has 18 heavy (non-hydrogen) atoms. The van der Waals surface area contributed by atoms with Crippen molar-refractivity contribution in [1.82, 2.24) is 4.72 Å². The maximum atomic E-state index is 11.8. The first-order valence-electron chi connectivity index (χ1n) is 5.99. The van der Waals surface area contributed by atoms with Crippen molar-refractivity contribution in [1.29, 1.82) is 0 Å². The Morgan fingerprint density at radius 2 is 2.00 bits per heavy atom. The van der Waals surface area contributed by atoms with Crippen LogP contribution in [-0.2, 0) is 10.0 Å². The molecule has 0 saturated carbocycles. The van der Waals surface area contributed by atoms with Crippen LogP contribution in [0.25, 0.3) is 0 Å². The van der Waals surface area contributed by atoms with Gasteiger partial charge in [0.1, 0.15) is 0 Å². The van der Waals surface area contributed by atoms with Crippen molar-refractivity contribution in [2.45, 2.75) is 33.2 Å². The predicted octanol–water partition coefficient (Wildman–Crippen LogP) is 2.91. The Morgan fingerprint density at radius 3 is 2.61 bits per heavy atom. The Hall–Kier alpha value is -0.580. The summed E-state index contributed by atoms with van der Waals surface area (Å²) >= 11 is 5.51. The summed E-state index contributed by atoms with van der Waals surface area (Å²) in [6.45, 7) is 5.84. The third-order valence-electron chi connectivity index (χ3n) is 2.80. The number of sulfonamides is 1. The minimum absolute atomic E-state index is 0.0751. The molecule has 0 saturated heterocycles. The molecule has 0 fully saturated rings. The molecule has 0 aliphatic rings. The number of alkyl halides is 1. The van der Waals surface area contributed by atoms with E-state index in [1.54, 1.807) is 0 Å². The molecule has 5 heteroatoms. The molecular weight excluding hydrogens is 270 g/mol. The maximum Gasteiger partial charge on any atom is 0.212 e. The summed E-state index contributed by atoms with van der Waals surface area (Å²) in [5.41, 5.74) is 3.24. The van der Waals surface area contributed by atoms with Gasteiger partial charge in [-0.25, -0.2) is 13.1 Å². The number of halogens is 1. The summed E-state index contributed by atoms with van der Waals surface area (Å²) < 4.78 is 26.3. The number of hydrogen-bond donors (Lipinski definition) is 1. The lowest BCUT2D eigenvalue weighted by molar-refractivity contribution is 0.565. The van der Waals surface area contributed by atoms with Gasteiger partial charge < -0.3 is 0 Å². The predicted molar refractivity (Wildman–Crippen MR) is 76.6 cm³/mol. The smallest absolute Gasteiger partial charge is 0.212 e. The molecule has 1 rings (SSSR count). The van der Waals surface area contributed by atoms with E-state index in [0.29, 0.717) is 12.3 Å². The van der Waals surface area contributed by atoms with Gasteiger partial charge in [0.05, 0.1) is 5.75 Å². The van der Waals surface area contributed by atoms with Crippen molar-refractivity contribution in [3.63, 3.8) is 0 Å². The Morgan fingerprint density at radius 1 is 1.33 bits per heavy atom. The molecule has 1 aromatic rings. The molecule has 0 spiro atoms. The molecule has 3 nitrogen and oxygen atoms in total. The maximum absolute atomic E-state index is 11.8. The molecule has 0 bridgehead atoms. The average molecular weight is 290 g/mol. The SMILES string of the molecule is Cc1ccc(C)c(C(C)NS(=O)(=O)CCCCl)c1. The van der Waals surface area contributed by atoms with Crippen LogP contribution in [0.15, 0.2) is 18.2 Å². The van der Waals surface area contributed by atoms with E-state index in [0.717, 1.165) is 16.7 Å². The quantitative estimate of drug-likeness (QED) is 0.819. The van der Waals surface area contributed by atoms with E-state index in [1.165, 1.54) is 0 Å². The number of aryl methyl sites for hydroxylation is 2. The normalized spacial score (nSPS) is 13.6. The lowest BCUT2D eigenvalue weighted by Crippen LogP contribution is -2.29. The lowest BCUT2D eigenvalue weighted by atomic mass is 10.0. The van der Waals surface area contributed by atoms with Gasteiger partial charge in [-0.05, 0) is 38.3 Å². The number of hydrogen-bond acceptors (Lipinski definition) is 2. The van der Waals surface area contributed by atoms with Gasteiger partial charge in [0, 0.05) is 11.9 Å². The summed E-state index contributed by atoms with van der Waals surface area (Å²) in [5, 5.41) is 0. The first-order chi connectivity index (χ1) is 8.35. The van der Waals surface area contributed by atoms with Crippen molar-refractivity contribution in [2.75, 3.05) is 11.6 Å². The molecule has 1 N–H and O–H groups in total. The summed E-state index contributed by atoms with van der Waals surface area (Å²) in [7, 11) is -3.26. The fourth-order valence-electron chi connectivity index (χ4n) is 1.86. The van der Waals surface area contributed by atoms with Gasteiger partial charge in [-0.15, -0.1) is 11.6 Å². The minimum Gasteiger partial charge on any atom is -0.212 e. The fraction of sp³-hybridized carbons (Fsp3) is 0.538. The van der Waals surface area contributed by atoms with Crippen LogP contribution in [0.1, 0.15) is 36.1 Å². The molecule has 1 unspecified atom stereocenters. The van der Waals surface area contributed by atoms with E-state index in [-0.39, 0.29) is 11.8 Å². The van der Waals surface area contributed by atoms with E-state index in [4.69, 9.17) is 11.6 Å². The van der Waals surface area contributed by atoms with Gasteiger partial charge in [0.2, 0.25) is 10.0 Å². The van der Waals surface area contributed by atoms with Crippen molar-refractivity contribution < 1.29 is 8.42 Å². The van der Waals surface area contributed by atoms with Crippen LogP contribution in [-0.4, -0.2) is 20.1 Å². The third kappa shape index (κ3) is 4.59. The molecule has 0 heterocycles. The van der Waals surface area contributed by atoms with Crippen LogP contribution in [0.5, 0.6) is 0 Å². The van der Waals surface area contributed by atoms with Gasteiger partial charge in [-0.3, -0.25) is 0 Å². The minimum atomic E-state index is -3.26. The molecule has 1 atom stereocenters. The van der Waals surface area contributed by atoms with Gasteiger partial charge in [0.15, 0.2) is 0 Å². The average Bonchev–Trinajstić information content (AvgIpc) is 2.29. The Balaban J connectivity index is 2.82. The van der Waals surface area contributed by atoms with Gasteiger partial charge in [0.25, 0.3) is 0 Å². The van der Waals surface area contributed by atoms with Crippen LogP contribution in [0.4, 0.5) is 0 Å². The first-order valence-corrected chi connectivity index (χ1v) is 8.17. The zero-order valence-electron chi connectivity index (χ0n) is 11.0. The summed E-state index contributed by atoms with van der Waals surface area (Å²) in [4.78, 5) is 0. The van der Waals surface area contributed by atoms with Gasteiger partial charge in [-0.1, -0.05) is 23.8 Å². The van der Waals surface area contributed by atoms with E-state index < -0.39 is 10.0 Å². The standard InChI is InChI=1S/C13H20ClNO2S/c1-10-5-6-11(2)13(9-10)12(3)15-18(16,17)8-4-7-14/h5-6,9,12,15H,4,7-8H2,1-3H3. The topological polar surface area (TPSA) is 46.2 Å². The van der Waals surface area contributed by atoms with Gasteiger partial charge >= 0.3 is 0 Å². The number of nitrogens with one attached hydrogen (secondary N) is 1. The fourth-order valence-corrected chi connectivity index (χ4v) is 3.46. The Bertz CT molecular complexity index is 500. The van der Waals surface area contributed by atoms with Crippen LogP contribution >= 0.6 is 11.6 Å². The molecule has 0 amide bonds. The zero-order valence-corrected chi connectivity index (χ0v) is 12.6. The zero-order chi connectivity index (χ0) is 13.8. The molecule has 0 aliphatic carbocycles. The first kappa shape index (κ1) is 15.5. The second-order valence-electron chi connectivity index (χ2n) is 4.56. The molecule has 0 aromatic heterocycles. The van der Waals surface area contributed by atoms with E-state index in [2.05, 4.69) is 4.72 Å². The van der Waals surface area contributed by atoms with Crippen LogP contribution in [0.3, 0.4) is 0 Å². The Labute approximate surface area is 115 Å². The van der Waals surface area contributed by atoms with Crippen molar-refractivity contribution >= 4 is 21.6 Å². The molecule has 102 valence electrons. The second kappa shape index (κ2) is 6.55. The summed E-state index contributed by atoms with van der Waals surface area (Å²) in [5.74, 6) is 0.435. The third-order valence-corrected chi connectivity index (χ3v) is 4.61. The summed E-state index contributed by atoms with van der Waals surface area (Å²) in [6, 6.07) is 5.83. The largest absolute Gasteiger partial charge is 0.212 e. The van der Waals surface area contributed by atoms with Crippen molar-refractivity contribution in [2.24, 2.45) is 0 Å². The molecule has 0 aliphatic heterocycles. The van der Waals surface area contributed by atoms with Crippen molar-refractivity contribution in [3.05, 3.63) is 34.9 Å². The molecule has 0 radical (unpaired) electrons.